The fourth-order valence-corrected chi connectivity index (χ4v) is 2.63. The first-order valence-electron chi connectivity index (χ1n) is 5.14. The van der Waals surface area contributed by atoms with E-state index in [-0.39, 0.29) is 24.3 Å². The lowest BCUT2D eigenvalue weighted by molar-refractivity contribution is -0.158. The van der Waals surface area contributed by atoms with Crippen LogP contribution in [-0.4, -0.2) is 24.1 Å². The first-order chi connectivity index (χ1) is 7.65. The fraction of sp³-hybridized carbons (Fsp3) is 0.364. The van der Waals surface area contributed by atoms with E-state index in [9.17, 15) is 4.79 Å². The first kappa shape index (κ1) is 9.93. The molecule has 3 aliphatic rings. The summed E-state index contributed by atoms with van der Waals surface area (Å²) >= 11 is 6.07. The molecule has 5 heteroatoms. The number of hydrogen-bond acceptors (Lipinski definition) is 3. The number of carbonyl (C=O) groups excluding carboxylic acids is 1. The van der Waals surface area contributed by atoms with E-state index in [1.54, 1.807) is 5.06 Å². The Balaban J connectivity index is 1.85. The number of halogens is 1. The Bertz CT molecular complexity index is 453. The summed E-state index contributed by atoms with van der Waals surface area (Å²) in [6.45, 7) is 0.728. The fourth-order valence-electron chi connectivity index (χ4n) is 2.37. The highest BCUT2D eigenvalue weighted by Gasteiger charge is 2.44. The average molecular weight is 239 g/mol. The molecule has 0 saturated carbocycles. The predicted molar refractivity (Wildman–Crippen MR) is 58.9 cm³/mol. The Morgan fingerprint density at radius 2 is 2.44 bits per heavy atom. The SMILES string of the molecule is NC(=O)CN1CC2=CC=C(Cl)C3C=C(O1)[C@@H]23. The van der Waals surface area contributed by atoms with E-state index in [1.807, 2.05) is 18.2 Å². The highest BCUT2D eigenvalue weighted by molar-refractivity contribution is 6.30. The molecular formula is C11H11ClN2O2. The van der Waals surface area contributed by atoms with Crippen LogP contribution < -0.4 is 5.73 Å². The molecular weight excluding hydrogens is 228 g/mol. The van der Waals surface area contributed by atoms with Gasteiger partial charge in [-0.3, -0.25) is 4.79 Å². The summed E-state index contributed by atoms with van der Waals surface area (Å²) < 4.78 is 0. The minimum atomic E-state index is -0.389. The largest absolute Gasteiger partial charge is 0.409 e. The second kappa shape index (κ2) is 3.37. The van der Waals surface area contributed by atoms with Gasteiger partial charge >= 0.3 is 0 Å². The number of carbonyl (C=O) groups is 1. The van der Waals surface area contributed by atoms with E-state index in [0.717, 1.165) is 10.8 Å². The summed E-state index contributed by atoms with van der Waals surface area (Å²) in [7, 11) is 0. The maximum Gasteiger partial charge on any atom is 0.235 e. The second-order valence-electron chi connectivity index (χ2n) is 4.22. The number of rotatable bonds is 2. The van der Waals surface area contributed by atoms with Crippen LogP contribution in [-0.2, 0) is 9.63 Å². The van der Waals surface area contributed by atoms with Crippen LogP contribution in [0.2, 0.25) is 0 Å². The quantitative estimate of drug-likeness (QED) is 0.778. The molecule has 1 amide bonds. The zero-order chi connectivity index (χ0) is 11.3. The number of nitrogens with two attached hydrogens (primary N) is 1. The monoisotopic (exact) mass is 238 g/mol. The van der Waals surface area contributed by atoms with Gasteiger partial charge in [0, 0.05) is 11.0 Å². The molecule has 16 heavy (non-hydrogen) atoms. The smallest absolute Gasteiger partial charge is 0.235 e. The van der Waals surface area contributed by atoms with E-state index in [2.05, 4.69) is 0 Å². The van der Waals surface area contributed by atoms with Gasteiger partial charge in [0.15, 0.2) is 0 Å². The summed E-state index contributed by atoms with van der Waals surface area (Å²) in [4.78, 5) is 16.4. The van der Waals surface area contributed by atoms with E-state index in [1.165, 1.54) is 5.57 Å². The van der Waals surface area contributed by atoms with Crippen LogP contribution >= 0.6 is 11.6 Å². The lowest BCUT2D eigenvalue weighted by atomic mass is 9.71. The van der Waals surface area contributed by atoms with Crippen LogP contribution in [0.1, 0.15) is 0 Å². The number of nitrogens with zero attached hydrogens (tertiary/aromatic N) is 1. The molecule has 1 unspecified atom stereocenters. The number of primary amides is 1. The van der Waals surface area contributed by atoms with Crippen LogP contribution in [0.15, 0.2) is 34.6 Å². The summed E-state index contributed by atoms with van der Waals surface area (Å²) in [6.07, 6.45) is 5.91. The van der Waals surface area contributed by atoms with Crippen LogP contribution in [0, 0.1) is 11.8 Å². The summed E-state index contributed by atoms with van der Waals surface area (Å²) in [5, 5.41) is 2.43. The summed E-state index contributed by atoms with van der Waals surface area (Å²) in [5.74, 6) is 1.05. The Morgan fingerprint density at radius 3 is 3.19 bits per heavy atom. The van der Waals surface area contributed by atoms with Crippen LogP contribution in [0.3, 0.4) is 0 Å². The van der Waals surface area contributed by atoms with Crippen molar-refractivity contribution in [3.8, 4) is 0 Å². The van der Waals surface area contributed by atoms with Crippen molar-refractivity contribution >= 4 is 17.5 Å². The third kappa shape index (κ3) is 1.37. The molecule has 2 atom stereocenters. The zero-order valence-corrected chi connectivity index (χ0v) is 9.28. The lowest BCUT2D eigenvalue weighted by Crippen LogP contribution is -2.46. The summed E-state index contributed by atoms with van der Waals surface area (Å²) in [6, 6.07) is 0. The van der Waals surface area contributed by atoms with Crippen molar-refractivity contribution in [2.75, 3.05) is 13.1 Å². The van der Waals surface area contributed by atoms with Crippen molar-refractivity contribution in [3.63, 3.8) is 0 Å². The Labute approximate surface area is 97.9 Å². The predicted octanol–water partition coefficient (Wildman–Crippen LogP) is 0.912. The van der Waals surface area contributed by atoms with Gasteiger partial charge < -0.3 is 10.6 Å². The van der Waals surface area contributed by atoms with Gasteiger partial charge in [-0.1, -0.05) is 17.7 Å². The van der Waals surface area contributed by atoms with Crippen molar-refractivity contribution in [1.82, 2.24) is 5.06 Å². The Hall–Kier alpha value is -1.26. The molecule has 84 valence electrons. The van der Waals surface area contributed by atoms with Crippen LogP contribution in [0.5, 0.6) is 0 Å². The lowest BCUT2D eigenvalue weighted by Gasteiger charge is -2.45. The van der Waals surface area contributed by atoms with E-state index < -0.39 is 0 Å². The molecule has 0 aromatic rings. The number of allylic oxidation sites excluding steroid dienone is 5. The van der Waals surface area contributed by atoms with Gasteiger partial charge in [0.05, 0.1) is 12.5 Å². The normalized spacial score (nSPS) is 31.4. The van der Waals surface area contributed by atoms with Gasteiger partial charge in [-0.05, 0) is 17.7 Å². The minimum Gasteiger partial charge on any atom is -0.409 e. The first-order valence-corrected chi connectivity index (χ1v) is 5.52. The van der Waals surface area contributed by atoms with Crippen molar-refractivity contribution in [3.05, 3.63) is 34.6 Å². The zero-order valence-electron chi connectivity index (χ0n) is 8.52. The molecule has 2 aliphatic carbocycles. The second-order valence-corrected chi connectivity index (χ2v) is 4.66. The molecule has 0 aromatic heterocycles. The van der Waals surface area contributed by atoms with Crippen molar-refractivity contribution in [1.29, 1.82) is 0 Å². The van der Waals surface area contributed by atoms with Gasteiger partial charge in [-0.15, -0.1) is 5.06 Å². The van der Waals surface area contributed by atoms with Gasteiger partial charge in [0.25, 0.3) is 0 Å². The molecule has 0 aromatic carbocycles. The number of hydrogen-bond donors (Lipinski definition) is 1. The molecule has 0 spiro atoms. The molecule has 1 heterocycles. The molecule has 1 saturated heterocycles. The van der Waals surface area contributed by atoms with Gasteiger partial charge in [0.2, 0.25) is 5.91 Å². The van der Waals surface area contributed by atoms with E-state index >= 15 is 0 Å². The molecule has 4 nitrogen and oxygen atoms in total. The molecule has 2 N–H and O–H groups in total. The molecule has 0 radical (unpaired) electrons. The van der Waals surface area contributed by atoms with Crippen LogP contribution in [0.4, 0.5) is 0 Å². The molecule has 3 rings (SSSR count). The van der Waals surface area contributed by atoms with Crippen molar-refractivity contribution < 1.29 is 9.63 Å². The van der Waals surface area contributed by atoms with Gasteiger partial charge in [-0.25, -0.2) is 0 Å². The van der Waals surface area contributed by atoms with Crippen molar-refractivity contribution in [2.24, 2.45) is 17.6 Å². The van der Waals surface area contributed by atoms with E-state index in [0.29, 0.717) is 6.54 Å². The average Bonchev–Trinajstić information content (AvgIpc) is 2.16. The number of hydroxylamine groups is 2. The maximum atomic E-state index is 10.8. The minimum absolute atomic E-state index is 0.115. The van der Waals surface area contributed by atoms with Crippen LogP contribution in [0.25, 0.3) is 0 Å². The topological polar surface area (TPSA) is 55.6 Å². The highest BCUT2D eigenvalue weighted by Crippen LogP contribution is 2.49. The Kier molecular flexibility index (Phi) is 2.09. The Morgan fingerprint density at radius 1 is 1.62 bits per heavy atom. The molecule has 0 bridgehead atoms. The van der Waals surface area contributed by atoms with E-state index in [4.69, 9.17) is 22.2 Å². The maximum absolute atomic E-state index is 10.8. The molecule has 1 fully saturated rings. The van der Waals surface area contributed by atoms with Gasteiger partial charge in [0.1, 0.15) is 12.3 Å². The van der Waals surface area contributed by atoms with Crippen molar-refractivity contribution in [2.45, 2.75) is 0 Å². The number of amides is 1. The third-order valence-electron chi connectivity index (χ3n) is 3.11. The molecule has 1 aliphatic heterocycles. The highest BCUT2D eigenvalue weighted by atomic mass is 35.5. The standard InChI is InChI=1S/C11H11ClN2O2/c12-8-2-1-6-4-14(5-10(13)15)16-9-3-7(8)11(6)9/h1-3,7,11H,4-5H2,(H2,13,15)/t7?,11-/m0/s1. The summed E-state index contributed by atoms with van der Waals surface area (Å²) in [5.41, 5.74) is 6.37. The van der Waals surface area contributed by atoms with Gasteiger partial charge in [-0.2, -0.15) is 0 Å². The third-order valence-corrected chi connectivity index (χ3v) is 3.49.